The third kappa shape index (κ3) is 1.60. The minimum absolute atomic E-state index is 0.654. The molecule has 1 heteroatoms. The maximum atomic E-state index is 3.94. The Hall–Kier alpha value is -0.980. The summed E-state index contributed by atoms with van der Waals surface area (Å²) in [5, 5.41) is 2.32. The molecule has 0 aliphatic heterocycles. The highest BCUT2D eigenvalue weighted by molar-refractivity contribution is 5.44. The highest BCUT2D eigenvalue weighted by Crippen LogP contribution is 2.11. The minimum atomic E-state index is 0.654. The molecule has 1 aromatic heterocycles. The average molecular weight is 163 g/mol. The highest BCUT2D eigenvalue weighted by atomic mass is 14.6. The molecule has 66 valence electrons. The first-order valence-electron chi connectivity index (χ1n) is 4.50. The number of rotatable bonds is 2. The van der Waals surface area contributed by atoms with Crippen molar-refractivity contribution in [1.29, 1.82) is 0 Å². The molecule has 0 aromatic carbocycles. The van der Waals surface area contributed by atoms with E-state index in [1.165, 1.54) is 17.2 Å². The summed E-state index contributed by atoms with van der Waals surface area (Å²) in [5.74, 6) is 0.654. The van der Waals surface area contributed by atoms with Crippen LogP contribution in [0.1, 0.15) is 27.2 Å². The van der Waals surface area contributed by atoms with Gasteiger partial charge >= 0.3 is 0 Å². The van der Waals surface area contributed by atoms with E-state index in [2.05, 4.69) is 38.4 Å². The molecule has 1 heterocycles. The average Bonchev–Trinajstić information content (AvgIpc) is 2.48. The Labute approximate surface area is 73.8 Å². The zero-order chi connectivity index (χ0) is 9.14. The van der Waals surface area contributed by atoms with Gasteiger partial charge in [0.2, 0.25) is 0 Å². The Morgan fingerprint density at radius 1 is 1.67 bits per heavy atom. The summed E-state index contributed by atoms with van der Waals surface area (Å²) >= 11 is 0. The lowest BCUT2D eigenvalue weighted by atomic mass is 9.98. The second kappa shape index (κ2) is 3.61. The molecule has 1 N–H and O–H groups in total. The van der Waals surface area contributed by atoms with Crippen molar-refractivity contribution in [3.8, 4) is 0 Å². The van der Waals surface area contributed by atoms with E-state index >= 15 is 0 Å². The largest absolute Gasteiger partial charge is 0.362 e. The SMILES string of the molecule is C=c1[nH]cc/c1=C(\C)C(C)CC. The van der Waals surface area contributed by atoms with Gasteiger partial charge < -0.3 is 4.98 Å². The molecular formula is C11H17N. The molecule has 0 aliphatic carbocycles. The topological polar surface area (TPSA) is 15.8 Å². The van der Waals surface area contributed by atoms with E-state index in [0.717, 1.165) is 5.35 Å². The van der Waals surface area contributed by atoms with Gasteiger partial charge in [0.25, 0.3) is 0 Å². The van der Waals surface area contributed by atoms with Crippen molar-refractivity contribution >= 4 is 12.2 Å². The van der Waals surface area contributed by atoms with Crippen molar-refractivity contribution in [2.45, 2.75) is 27.2 Å². The van der Waals surface area contributed by atoms with Crippen LogP contribution in [0.2, 0.25) is 0 Å². The van der Waals surface area contributed by atoms with Crippen LogP contribution in [0.4, 0.5) is 0 Å². The van der Waals surface area contributed by atoms with E-state index in [1.807, 2.05) is 6.20 Å². The second-order valence-corrected chi connectivity index (χ2v) is 3.36. The Balaban J connectivity index is 3.24. The van der Waals surface area contributed by atoms with Gasteiger partial charge in [0.1, 0.15) is 0 Å². The molecule has 0 saturated carbocycles. The predicted octanol–water partition coefficient (Wildman–Crippen LogP) is 1.64. The van der Waals surface area contributed by atoms with Gasteiger partial charge in [0, 0.05) is 11.5 Å². The van der Waals surface area contributed by atoms with Crippen LogP contribution >= 0.6 is 0 Å². The van der Waals surface area contributed by atoms with Crippen molar-refractivity contribution in [3.05, 3.63) is 22.8 Å². The molecule has 1 unspecified atom stereocenters. The van der Waals surface area contributed by atoms with Crippen LogP contribution in [-0.2, 0) is 0 Å². The minimum Gasteiger partial charge on any atom is -0.362 e. The smallest absolute Gasteiger partial charge is 0.0380 e. The van der Waals surface area contributed by atoms with Crippen LogP contribution in [-0.4, -0.2) is 4.98 Å². The van der Waals surface area contributed by atoms with E-state index in [4.69, 9.17) is 0 Å². The zero-order valence-electron chi connectivity index (χ0n) is 8.15. The molecule has 1 atom stereocenters. The summed E-state index contributed by atoms with van der Waals surface area (Å²) in [6.45, 7) is 10.6. The van der Waals surface area contributed by atoms with E-state index in [1.54, 1.807) is 0 Å². The van der Waals surface area contributed by atoms with Gasteiger partial charge in [-0.05, 0) is 30.5 Å². The number of nitrogens with one attached hydrogen (secondary N) is 1. The summed E-state index contributed by atoms with van der Waals surface area (Å²) in [6, 6.07) is 2.10. The standard InChI is InChI=1S/C11H17N/c1-5-8(2)9(3)11-6-7-12-10(11)4/h6-8,12H,4-5H2,1-3H3/b11-9-. The lowest BCUT2D eigenvalue weighted by Crippen LogP contribution is -2.24. The Morgan fingerprint density at radius 2 is 2.33 bits per heavy atom. The van der Waals surface area contributed by atoms with Crippen LogP contribution in [0.5, 0.6) is 0 Å². The molecule has 0 bridgehead atoms. The molecular weight excluding hydrogens is 146 g/mol. The van der Waals surface area contributed by atoms with E-state index < -0.39 is 0 Å². The molecule has 1 nitrogen and oxygen atoms in total. The molecule has 0 fully saturated rings. The lowest BCUT2D eigenvalue weighted by Gasteiger charge is -2.07. The van der Waals surface area contributed by atoms with Gasteiger partial charge in [-0.15, -0.1) is 0 Å². The first-order valence-corrected chi connectivity index (χ1v) is 4.50. The monoisotopic (exact) mass is 163 g/mol. The lowest BCUT2D eigenvalue weighted by molar-refractivity contribution is 0.708. The molecule has 0 saturated heterocycles. The third-order valence-electron chi connectivity index (χ3n) is 2.61. The second-order valence-electron chi connectivity index (χ2n) is 3.36. The van der Waals surface area contributed by atoms with Crippen LogP contribution in [0, 0.1) is 5.92 Å². The Morgan fingerprint density at radius 3 is 2.75 bits per heavy atom. The summed E-state index contributed by atoms with van der Waals surface area (Å²) in [7, 11) is 0. The zero-order valence-corrected chi connectivity index (χ0v) is 8.15. The Bertz CT molecular complexity index is 345. The number of aromatic nitrogens is 1. The van der Waals surface area contributed by atoms with Gasteiger partial charge in [0.15, 0.2) is 0 Å². The Kier molecular flexibility index (Phi) is 2.74. The van der Waals surface area contributed by atoms with Crippen molar-refractivity contribution in [2.75, 3.05) is 0 Å². The molecule has 0 aliphatic rings. The molecule has 0 amide bonds. The van der Waals surface area contributed by atoms with Crippen molar-refractivity contribution in [3.63, 3.8) is 0 Å². The van der Waals surface area contributed by atoms with Gasteiger partial charge in [-0.25, -0.2) is 0 Å². The normalized spacial score (nSPS) is 15.9. The van der Waals surface area contributed by atoms with Crippen LogP contribution in [0.25, 0.3) is 12.2 Å². The number of H-pyrrole nitrogens is 1. The fourth-order valence-corrected chi connectivity index (χ4v) is 1.35. The molecule has 0 spiro atoms. The van der Waals surface area contributed by atoms with Crippen LogP contribution < -0.4 is 10.6 Å². The van der Waals surface area contributed by atoms with Crippen molar-refractivity contribution in [2.24, 2.45) is 5.92 Å². The van der Waals surface area contributed by atoms with Crippen LogP contribution in [0.3, 0.4) is 0 Å². The summed E-state index contributed by atoms with van der Waals surface area (Å²) in [6.07, 6.45) is 3.14. The molecule has 0 radical (unpaired) electrons. The quantitative estimate of drug-likeness (QED) is 0.682. The third-order valence-corrected chi connectivity index (χ3v) is 2.61. The van der Waals surface area contributed by atoms with Gasteiger partial charge in [-0.2, -0.15) is 0 Å². The van der Waals surface area contributed by atoms with Gasteiger partial charge in [-0.1, -0.05) is 26.0 Å². The summed E-state index contributed by atoms with van der Waals surface area (Å²) < 4.78 is 0. The van der Waals surface area contributed by atoms with Crippen LogP contribution in [0.15, 0.2) is 12.3 Å². The highest BCUT2D eigenvalue weighted by Gasteiger charge is 2.01. The number of hydrogen-bond acceptors (Lipinski definition) is 0. The van der Waals surface area contributed by atoms with E-state index in [-0.39, 0.29) is 0 Å². The predicted molar refractivity (Wildman–Crippen MR) is 54.1 cm³/mol. The molecule has 12 heavy (non-hydrogen) atoms. The number of hydrogen-bond donors (Lipinski definition) is 1. The van der Waals surface area contributed by atoms with E-state index in [0.29, 0.717) is 5.92 Å². The molecule has 1 rings (SSSR count). The van der Waals surface area contributed by atoms with Gasteiger partial charge in [-0.3, -0.25) is 0 Å². The maximum Gasteiger partial charge on any atom is 0.0380 e. The van der Waals surface area contributed by atoms with Crippen molar-refractivity contribution in [1.82, 2.24) is 4.98 Å². The fourth-order valence-electron chi connectivity index (χ4n) is 1.35. The first kappa shape index (κ1) is 9.11. The molecule has 1 aromatic rings. The van der Waals surface area contributed by atoms with Crippen molar-refractivity contribution < 1.29 is 0 Å². The summed E-state index contributed by atoms with van der Waals surface area (Å²) in [4.78, 5) is 3.10. The number of aromatic amines is 1. The van der Waals surface area contributed by atoms with Gasteiger partial charge in [0.05, 0.1) is 0 Å². The fraction of sp³-hybridized carbons (Fsp3) is 0.455. The maximum absolute atomic E-state index is 3.94. The summed E-state index contributed by atoms with van der Waals surface area (Å²) in [5.41, 5.74) is 1.43. The first-order chi connectivity index (χ1) is 5.66. The van der Waals surface area contributed by atoms with E-state index in [9.17, 15) is 0 Å².